The number of methoxy groups -OCH3 is 1. The van der Waals surface area contributed by atoms with E-state index < -0.39 is 6.10 Å². The van der Waals surface area contributed by atoms with Crippen LogP contribution in [0.15, 0.2) is 18.2 Å². The van der Waals surface area contributed by atoms with Crippen LogP contribution in [0.5, 0.6) is 5.75 Å². The summed E-state index contributed by atoms with van der Waals surface area (Å²) in [7, 11) is 1.65. The van der Waals surface area contributed by atoms with Crippen LogP contribution in [0.3, 0.4) is 0 Å². The Bertz CT molecular complexity index is 389. The van der Waals surface area contributed by atoms with Gasteiger partial charge in [0.15, 0.2) is 0 Å². The molecule has 1 N–H and O–H groups in total. The molecule has 1 fully saturated rings. The molecule has 0 aliphatic carbocycles. The van der Waals surface area contributed by atoms with E-state index in [1.807, 2.05) is 32.0 Å². The maximum atomic E-state index is 10.3. The van der Waals surface area contributed by atoms with Crippen LogP contribution in [0.2, 0.25) is 0 Å². The second-order valence-corrected chi connectivity index (χ2v) is 4.74. The van der Waals surface area contributed by atoms with E-state index >= 15 is 0 Å². The number of benzene rings is 1. The first-order chi connectivity index (χ1) is 8.11. The molecule has 1 aliphatic rings. The van der Waals surface area contributed by atoms with Crippen molar-refractivity contribution >= 4 is 0 Å². The predicted molar refractivity (Wildman–Crippen MR) is 66.3 cm³/mol. The zero-order chi connectivity index (χ0) is 12.4. The van der Waals surface area contributed by atoms with Crippen molar-refractivity contribution in [2.75, 3.05) is 7.11 Å². The molecule has 0 bridgehead atoms. The molecule has 0 amide bonds. The lowest BCUT2D eigenvalue weighted by Gasteiger charge is -2.19. The normalized spacial score (nSPS) is 25.9. The van der Waals surface area contributed by atoms with E-state index in [0.717, 1.165) is 29.7 Å². The number of aliphatic hydroxyl groups is 1. The Morgan fingerprint density at radius 2 is 2.18 bits per heavy atom. The van der Waals surface area contributed by atoms with Crippen LogP contribution < -0.4 is 4.74 Å². The molecule has 1 aliphatic heterocycles. The molecule has 17 heavy (non-hydrogen) atoms. The minimum atomic E-state index is -0.537. The largest absolute Gasteiger partial charge is 0.496 e. The summed E-state index contributed by atoms with van der Waals surface area (Å²) in [6.45, 7) is 4.03. The number of aliphatic hydroxyl groups excluding tert-OH is 1. The fourth-order valence-corrected chi connectivity index (χ4v) is 2.37. The molecule has 2 rings (SSSR count). The van der Waals surface area contributed by atoms with Gasteiger partial charge in [0.05, 0.1) is 19.3 Å². The van der Waals surface area contributed by atoms with Crippen LogP contribution in [-0.4, -0.2) is 24.4 Å². The van der Waals surface area contributed by atoms with Crippen molar-refractivity contribution in [3.63, 3.8) is 0 Å². The van der Waals surface area contributed by atoms with Gasteiger partial charge < -0.3 is 14.6 Å². The van der Waals surface area contributed by atoms with Crippen LogP contribution in [0.1, 0.15) is 37.0 Å². The smallest absolute Gasteiger partial charge is 0.121 e. The Morgan fingerprint density at radius 1 is 1.41 bits per heavy atom. The molecule has 3 unspecified atom stereocenters. The second kappa shape index (κ2) is 5.07. The zero-order valence-electron chi connectivity index (χ0n) is 10.6. The summed E-state index contributed by atoms with van der Waals surface area (Å²) < 4.78 is 10.9. The van der Waals surface area contributed by atoms with Gasteiger partial charge in [-0.3, -0.25) is 0 Å². The molecule has 3 heteroatoms. The van der Waals surface area contributed by atoms with Crippen molar-refractivity contribution < 1.29 is 14.6 Å². The van der Waals surface area contributed by atoms with Crippen LogP contribution in [0.4, 0.5) is 0 Å². The van der Waals surface area contributed by atoms with Crippen LogP contribution in [-0.2, 0) is 4.74 Å². The molecule has 1 saturated heterocycles. The van der Waals surface area contributed by atoms with E-state index in [1.54, 1.807) is 7.11 Å². The van der Waals surface area contributed by atoms with Gasteiger partial charge in [-0.1, -0.05) is 6.07 Å². The highest BCUT2D eigenvalue weighted by molar-refractivity contribution is 5.37. The lowest BCUT2D eigenvalue weighted by Crippen LogP contribution is -2.18. The van der Waals surface area contributed by atoms with Crippen LogP contribution >= 0.6 is 0 Å². The Labute approximate surface area is 102 Å². The average molecular weight is 236 g/mol. The van der Waals surface area contributed by atoms with E-state index in [0.29, 0.717) is 0 Å². The minimum absolute atomic E-state index is 0.0715. The molecule has 3 atom stereocenters. The van der Waals surface area contributed by atoms with Gasteiger partial charge in [0, 0.05) is 0 Å². The van der Waals surface area contributed by atoms with Gasteiger partial charge in [-0.2, -0.15) is 0 Å². The van der Waals surface area contributed by atoms with Gasteiger partial charge >= 0.3 is 0 Å². The lowest BCUT2D eigenvalue weighted by molar-refractivity contribution is -0.0297. The van der Waals surface area contributed by atoms with E-state index in [4.69, 9.17) is 9.47 Å². The summed E-state index contributed by atoms with van der Waals surface area (Å²) in [5.74, 6) is 0.849. The molecular weight excluding hydrogens is 216 g/mol. The van der Waals surface area contributed by atoms with Crippen molar-refractivity contribution in [1.82, 2.24) is 0 Å². The van der Waals surface area contributed by atoms with Gasteiger partial charge in [0.1, 0.15) is 11.9 Å². The maximum Gasteiger partial charge on any atom is 0.121 e. The number of ether oxygens (including phenoxy) is 2. The Morgan fingerprint density at radius 3 is 2.71 bits per heavy atom. The highest BCUT2D eigenvalue weighted by atomic mass is 16.5. The summed E-state index contributed by atoms with van der Waals surface area (Å²) in [6.07, 6.45) is 1.60. The van der Waals surface area contributed by atoms with E-state index in [9.17, 15) is 5.11 Å². The van der Waals surface area contributed by atoms with E-state index in [2.05, 4.69) is 0 Å². The Hall–Kier alpha value is -1.06. The highest BCUT2D eigenvalue weighted by Crippen LogP contribution is 2.31. The van der Waals surface area contributed by atoms with Crippen molar-refractivity contribution in [3.05, 3.63) is 29.3 Å². The summed E-state index contributed by atoms with van der Waals surface area (Å²) in [5.41, 5.74) is 1.94. The van der Waals surface area contributed by atoms with Gasteiger partial charge in [0.2, 0.25) is 0 Å². The molecule has 0 spiro atoms. The predicted octanol–water partition coefficient (Wildman–Crippen LogP) is 2.60. The minimum Gasteiger partial charge on any atom is -0.496 e. The number of hydrogen-bond donors (Lipinski definition) is 1. The van der Waals surface area contributed by atoms with Crippen molar-refractivity contribution in [1.29, 1.82) is 0 Å². The van der Waals surface area contributed by atoms with Crippen molar-refractivity contribution in [3.8, 4) is 5.75 Å². The SMILES string of the molecule is COc1ccc(C(O)C2CCC(C)O2)cc1C. The summed E-state index contributed by atoms with van der Waals surface area (Å²) in [5, 5.41) is 10.3. The van der Waals surface area contributed by atoms with Crippen LogP contribution in [0.25, 0.3) is 0 Å². The lowest BCUT2D eigenvalue weighted by atomic mass is 10.00. The molecular formula is C14H20O3. The fraction of sp³-hybridized carbons (Fsp3) is 0.571. The Kier molecular flexibility index (Phi) is 3.69. The van der Waals surface area contributed by atoms with Gasteiger partial charge in [0.25, 0.3) is 0 Å². The highest BCUT2D eigenvalue weighted by Gasteiger charge is 2.29. The third-order valence-corrected chi connectivity index (χ3v) is 3.38. The molecule has 0 radical (unpaired) electrons. The summed E-state index contributed by atoms with van der Waals surface area (Å²) >= 11 is 0. The quantitative estimate of drug-likeness (QED) is 0.876. The first kappa shape index (κ1) is 12.4. The third-order valence-electron chi connectivity index (χ3n) is 3.38. The van der Waals surface area contributed by atoms with Gasteiger partial charge in [-0.25, -0.2) is 0 Å². The monoisotopic (exact) mass is 236 g/mol. The number of aryl methyl sites for hydroxylation is 1. The molecule has 1 aromatic rings. The van der Waals surface area contributed by atoms with Crippen LogP contribution in [0, 0.1) is 6.92 Å². The van der Waals surface area contributed by atoms with E-state index in [-0.39, 0.29) is 12.2 Å². The average Bonchev–Trinajstić information content (AvgIpc) is 2.75. The molecule has 3 nitrogen and oxygen atoms in total. The van der Waals surface area contributed by atoms with E-state index in [1.165, 1.54) is 0 Å². The van der Waals surface area contributed by atoms with Crippen molar-refractivity contribution in [2.24, 2.45) is 0 Å². The van der Waals surface area contributed by atoms with Crippen molar-refractivity contribution in [2.45, 2.75) is 45.0 Å². The molecule has 1 heterocycles. The molecule has 94 valence electrons. The molecule has 1 aromatic carbocycles. The fourth-order valence-electron chi connectivity index (χ4n) is 2.37. The Balaban J connectivity index is 2.14. The molecule has 0 saturated carbocycles. The number of hydrogen-bond acceptors (Lipinski definition) is 3. The third kappa shape index (κ3) is 2.61. The number of rotatable bonds is 3. The second-order valence-electron chi connectivity index (χ2n) is 4.74. The molecule has 0 aromatic heterocycles. The topological polar surface area (TPSA) is 38.7 Å². The first-order valence-electron chi connectivity index (χ1n) is 6.10. The zero-order valence-corrected chi connectivity index (χ0v) is 10.6. The maximum absolute atomic E-state index is 10.3. The van der Waals surface area contributed by atoms with Gasteiger partial charge in [-0.05, 0) is 49.9 Å². The standard InChI is InChI=1S/C14H20O3/c1-9-8-11(5-7-12(9)16-3)14(15)13-6-4-10(2)17-13/h5,7-8,10,13-15H,4,6H2,1-3H3. The summed E-state index contributed by atoms with van der Waals surface area (Å²) in [4.78, 5) is 0. The van der Waals surface area contributed by atoms with Gasteiger partial charge in [-0.15, -0.1) is 0 Å². The summed E-state index contributed by atoms with van der Waals surface area (Å²) in [6, 6.07) is 5.77. The first-order valence-corrected chi connectivity index (χ1v) is 6.10.